The maximum absolute atomic E-state index is 11.8. The third kappa shape index (κ3) is 5.65. The summed E-state index contributed by atoms with van der Waals surface area (Å²) in [5.41, 5.74) is 7.41. The molecule has 0 spiro atoms. The quantitative estimate of drug-likeness (QED) is 0.331. The average molecular weight is 572 g/mol. The van der Waals surface area contributed by atoms with Gasteiger partial charge in [-0.15, -0.1) is 0 Å². The molecular weight excluding hydrogens is 545 g/mol. The molecule has 1 saturated carbocycles. The van der Waals surface area contributed by atoms with Gasteiger partial charge < -0.3 is 26.4 Å². The molecule has 2 aliphatic rings. The standard InChI is InChI=1S/C25H27Cl2N9O3/c26-17-8-13(10-28)9-18(27)20(17)33-24-32-19-11-30-23(31-15-2-1-7-35(12-15)25(38)39)34-22(19)36(24)16-5-3-14(4-6-16)21(29)37/h8-9,11,14-16H,1-7,12H2,(H2,29,37)(H,32,33)(H,38,39)(H,30,31,34)/t14-,15?,16+. The molecule has 3 aromatic rings. The average Bonchev–Trinajstić information content (AvgIpc) is 3.28. The van der Waals surface area contributed by atoms with Crippen molar-refractivity contribution >= 4 is 64.0 Å². The van der Waals surface area contributed by atoms with Crippen LogP contribution in [0.3, 0.4) is 0 Å². The number of carbonyl (C=O) groups excluding carboxylic acids is 1. The smallest absolute Gasteiger partial charge is 0.407 e. The minimum atomic E-state index is -0.946. The molecule has 2 fully saturated rings. The van der Waals surface area contributed by atoms with Crippen molar-refractivity contribution < 1.29 is 14.7 Å². The molecule has 204 valence electrons. The topological polar surface area (TPSA) is 175 Å². The highest BCUT2D eigenvalue weighted by atomic mass is 35.5. The van der Waals surface area contributed by atoms with E-state index in [0.29, 0.717) is 73.1 Å². The van der Waals surface area contributed by atoms with Gasteiger partial charge in [-0.05, 0) is 50.7 Å². The van der Waals surface area contributed by atoms with Crippen LogP contribution in [0.25, 0.3) is 11.2 Å². The van der Waals surface area contributed by atoms with Gasteiger partial charge in [0.1, 0.15) is 5.52 Å². The van der Waals surface area contributed by atoms with Crippen LogP contribution in [0.15, 0.2) is 18.3 Å². The number of halogens is 2. The van der Waals surface area contributed by atoms with Crippen LogP contribution >= 0.6 is 23.2 Å². The molecule has 1 aliphatic heterocycles. The Balaban J connectivity index is 1.50. The second-order valence-electron chi connectivity index (χ2n) is 9.88. The number of nitrogens with one attached hydrogen (secondary N) is 2. The van der Waals surface area contributed by atoms with Crippen LogP contribution in [0.1, 0.15) is 50.1 Å². The van der Waals surface area contributed by atoms with Gasteiger partial charge in [-0.2, -0.15) is 10.2 Å². The number of nitrogens with two attached hydrogens (primary N) is 1. The highest BCUT2D eigenvalue weighted by Gasteiger charge is 2.30. The van der Waals surface area contributed by atoms with Gasteiger partial charge in [0.05, 0.1) is 33.6 Å². The lowest BCUT2D eigenvalue weighted by Crippen LogP contribution is -2.44. The molecule has 2 aromatic heterocycles. The number of amides is 2. The number of nitriles is 1. The van der Waals surface area contributed by atoms with Crippen LogP contribution in [0, 0.1) is 17.2 Å². The minimum absolute atomic E-state index is 0.0380. The Morgan fingerprint density at radius 2 is 1.85 bits per heavy atom. The monoisotopic (exact) mass is 571 g/mol. The molecular formula is C25H27Cl2N9O3. The number of anilines is 3. The van der Waals surface area contributed by atoms with Crippen LogP contribution in [-0.2, 0) is 4.79 Å². The number of fused-ring (bicyclic) bond motifs is 1. The molecule has 0 bridgehead atoms. The fourth-order valence-electron chi connectivity index (χ4n) is 5.33. The first-order chi connectivity index (χ1) is 18.7. The van der Waals surface area contributed by atoms with Gasteiger partial charge in [0.25, 0.3) is 0 Å². The molecule has 1 saturated heterocycles. The van der Waals surface area contributed by atoms with Gasteiger partial charge >= 0.3 is 6.09 Å². The Bertz CT molecular complexity index is 1440. The van der Waals surface area contributed by atoms with E-state index in [1.165, 1.54) is 17.0 Å². The predicted octanol–water partition coefficient (Wildman–Crippen LogP) is 4.52. The van der Waals surface area contributed by atoms with E-state index in [1.807, 2.05) is 10.6 Å². The minimum Gasteiger partial charge on any atom is -0.465 e. The number of rotatable bonds is 6. The zero-order valence-corrected chi connectivity index (χ0v) is 22.4. The van der Waals surface area contributed by atoms with Crippen LogP contribution in [0.4, 0.5) is 22.4 Å². The number of hydrogen-bond acceptors (Lipinski definition) is 8. The molecule has 2 amide bonds. The van der Waals surface area contributed by atoms with Crippen molar-refractivity contribution in [3.8, 4) is 6.07 Å². The number of nitrogens with zero attached hydrogens (tertiary/aromatic N) is 6. The van der Waals surface area contributed by atoms with Crippen LogP contribution in [0.2, 0.25) is 10.0 Å². The summed E-state index contributed by atoms with van der Waals surface area (Å²) in [5, 5.41) is 25.6. The number of benzene rings is 1. The van der Waals surface area contributed by atoms with Crippen molar-refractivity contribution in [1.82, 2.24) is 24.4 Å². The Kier molecular flexibility index (Phi) is 7.63. The van der Waals surface area contributed by atoms with E-state index in [9.17, 15) is 20.0 Å². The van der Waals surface area contributed by atoms with Gasteiger partial charge in [0.2, 0.25) is 17.8 Å². The number of imidazole rings is 1. The van der Waals surface area contributed by atoms with E-state index < -0.39 is 6.09 Å². The summed E-state index contributed by atoms with van der Waals surface area (Å²) in [5.74, 6) is 0.343. The molecule has 14 heteroatoms. The molecule has 5 rings (SSSR count). The first kappa shape index (κ1) is 26.8. The van der Waals surface area contributed by atoms with E-state index in [0.717, 1.165) is 12.8 Å². The van der Waals surface area contributed by atoms with Crippen molar-refractivity contribution in [1.29, 1.82) is 5.26 Å². The fraction of sp³-hybridized carbons (Fsp3) is 0.440. The number of likely N-dealkylation sites (tertiary alicyclic amines) is 1. The number of primary amides is 1. The van der Waals surface area contributed by atoms with Crippen molar-refractivity contribution in [2.45, 2.75) is 50.6 Å². The number of carbonyl (C=O) groups is 2. The van der Waals surface area contributed by atoms with Gasteiger partial charge in [-0.3, -0.25) is 9.36 Å². The summed E-state index contributed by atoms with van der Waals surface area (Å²) in [6.07, 6.45) is 4.86. The lowest BCUT2D eigenvalue weighted by Gasteiger charge is -2.31. The van der Waals surface area contributed by atoms with E-state index in [4.69, 9.17) is 38.9 Å². The number of piperidine rings is 1. The summed E-state index contributed by atoms with van der Waals surface area (Å²) in [7, 11) is 0. The van der Waals surface area contributed by atoms with Crippen molar-refractivity contribution in [2.24, 2.45) is 11.7 Å². The number of aromatic nitrogens is 4. The summed E-state index contributed by atoms with van der Waals surface area (Å²) < 4.78 is 1.97. The summed E-state index contributed by atoms with van der Waals surface area (Å²) in [6.45, 7) is 0.846. The zero-order chi connectivity index (χ0) is 27.7. The zero-order valence-electron chi connectivity index (χ0n) is 20.9. The molecule has 1 aromatic carbocycles. The molecule has 5 N–H and O–H groups in total. The molecule has 12 nitrogen and oxygen atoms in total. The Hall–Kier alpha value is -3.82. The van der Waals surface area contributed by atoms with Crippen LogP contribution < -0.4 is 16.4 Å². The SMILES string of the molecule is N#Cc1cc(Cl)c(Nc2nc3cnc(NC4CCCN(C(=O)O)C4)nc3n2[C@H]2CC[C@@H](C(N)=O)CC2)c(Cl)c1. The van der Waals surface area contributed by atoms with E-state index in [2.05, 4.69) is 15.6 Å². The Morgan fingerprint density at radius 1 is 1.13 bits per heavy atom. The fourth-order valence-corrected chi connectivity index (χ4v) is 5.91. The third-order valence-electron chi connectivity index (χ3n) is 7.33. The highest BCUT2D eigenvalue weighted by Crippen LogP contribution is 2.39. The lowest BCUT2D eigenvalue weighted by molar-refractivity contribution is -0.122. The van der Waals surface area contributed by atoms with Crippen molar-refractivity contribution in [2.75, 3.05) is 23.7 Å². The van der Waals surface area contributed by atoms with Crippen LogP contribution in [0.5, 0.6) is 0 Å². The number of carboxylic acid groups (broad SMARTS) is 1. The second kappa shape index (κ2) is 11.1. The van der Waals surface area contributed by atoms with E-state index >= 15 is 0 Å². The first-order valence-corrected chi connectivity index (χ1v) is 13.4. The van der Waals surface area contributed by atoms with Crippen molar-refractivity contribution in [3.63, 3.8) is 0 Å². The largest absolute Gasteiger partial charge is 0.465 e. The highest BCUT2D eigenvalue weighted by molar-refractivity contribution is 6.39. The van der Waals surface area contributed by atoms with Gasteiger partial charge in [0.15, 0.2) is 5.65 Å². The van der Waals surface area contributed by atoms with Gasteiger partial charge in [-0.1, -0.05) is 23.2 Å². The molecule has 1 unspecified atom stereocenters. The molecule has 1 aliphatic carbocycles. The second-order valence-corrected chi connectivity index (χ2v) is 10.7. The first-order valence-electron chi connectivity index (χ1n) is 12.7. The van der Waals surface area contributed by atoms with Crippen molar-refractivity contribution in [3.05, 3.63) is 33.9 Å². The number of hydrogen-bond donors (Lipinski definition) is 4. The maximum Gasteiger partial charge on any atom is 0.407 e. The molecule has 0 radical (unpaired) electrons. The maximum atomic E-state index is 11.8. The van der Waals surface area contributed by atoms with Gasteiger partial charge in [0, 0.05) is 31.1 Å². The van der Waals surface area contributed by atoms with E-state index in [1.54, 1.807) is 6.20 Å². The predicted molar refractivity (Wildman–Crippen MR) is 146 cm³/mol. The lowest BCUT2D eigenvalue weighted by atomic mass is 9.85. The van der Waals surface area contributed by atoms with E-state index in [-0.39, 0.29) is 34.0 Å². The van der Waals surface area contributed by atoms with Crippen LogP contribution in [-0.4, -0.2) is 60.7 Å². The summed E-state index contributed by atoms with van der Waals surface area (Å²) in [6, 6.07) is 4.91. The third-order valence-corrected chi connectivity index (χ3v) is 7.93. The van der Waals surface area contributed by atoms with Gasteiger partial charge in [-0.25, -0.2) is 14.8 Å². The molecule has 39 heavy (non-hydrogen) atoms. The Morgan fingerprint density at radius 3 is 2.49 bits per heavy atom. The molecule has 3 heterocycles. The Labute approximate surface area is 234 Å². The summed E-state index contributed by atoms with van der Waals surface area (Å²) in [4.78, 5) is 38.5. The molecule has 1 atom stereocenters. The summed E-state index contributed by atoms with van der Waals surface area (Å²) >= 11 is 12.9. The normalized spacial score (nSPS) is 21.4.